The average Bonchev–Trinajstić information content (AvgIpc) is 2.26. The molecular weight excluding hydrogens is 266 g/mol. The fraction of sp³-hybridized carbons (Fsp3) is 0.538. The van der Waals surface area contributed by atoms with E-state index in [1.165, 1.54) is 17.7 Å². The third-order valence-electron chi connectivity index (χ3n) is 2.59. The molecule has 0 aliphatic carbocycles. The minimum absolute atomic E-state index is 0.319. The van der Waals surface area contributed by atoms with Crippen molar-refractivity contribution in [3.05, 3.63) is 28.2 Å². The molecule has 1 rings (SSSR count). The Labute approximate surface area is 106 Å². The molecule has 0 aliphatic rings. The van der Waals surface area contributed by atoms with E-state index in [-0.39, 0.29) is 0 Å². The number of hydrogen-bond donors (Lipinski definition) is 2. The Balaban J connectivity index is 2.21. The zero-order valence-electron chi connectivity index (χ0n) is 9.80. The molecule has 0 radical (unpaired) electrons. The topological polar surface area (TPSA) is 32.3 Å². The van der Waals surface area contributed by atoms with Crippen LogP contribution in [-0.2, 0) is 0 Å². The number of nitrogens with one attached hydrogen (secondary N) is 1. The van der Waals surface area contributed by atoms with Crippen molar-refractivity contribution in [2.45, 2.75) is 32.6 Å². The number of anilines is 1. The summed E-state index contributed by atoms with van der Waals surface area (Å²) in [6.45, 7) is 3.44. The van der Waals surface area contributed by atoms with Gasteiger partial charge in [0.2, 0.25) is 0 Å². The van der Waals surface area contributed by atoms with E-state index in [2.05, 4.69) is 46.4 Å². The van der Waals surface area contributed by atoms with Crippen molar-refractivity contribution in [3.63, 3.8) is 0 Å². The summed E-state index contributed by atoms with van der Waals surface area (Å²) in [6, 6.07) is 6.28. The number of benzene rings is 1. The Bertz CT molecular complexity index is 315. The van der Waals surface area contributed by atoms with E-state index >= 15 is 0 Å². The number of aliphatic hydroxyl groups excluding tert-OH is 1. The first-order valence-corrected chi connectivity index (χ1v) is 6.64. The van der Waals surface area contributed by atoms with Crippen LogP contribution in [0.2, 0.25) is 0 Å². The molecule has 1 aromatic rings. The van der Waals surface area contributed by atoms with E-state index in [1.807, 2.05) is 0 Å². The largest absolute Gasteiger partial charge is 0.396 e. The fourth-order valence-corrected chi connectivity index (χ4v) is 2.11. The van der Waals surface area contributed by atoms with Crippen molar-refractivity contribution >= 4 is 21.6 Å². The molecule has 2 N–H and O–H groups in total. The third-order valence-corrected chi connectivity index (χ3v) is 3.08. The van der Waals surface area contributed by atoms with Gasteiger partial charge in [0.1, 0.15) is 0 Å². The van der Waals surface area contributed by atoms with E-state index in [9.17, 15) is 0 Å². The molecule has 2 nitrogen and oxygen atoms in total. The Kier molecular flexibility index (Phi) is 6.50. The SMILES string of the molecule is Cc1cc(Br)ccc1NCCCCCCO. The highest BCUT2D eigenvalue weighted by molar-refractivity contribution is 9.10. The Hall–Kier alpha value is -0.540. The quantitative estimate of drug-likeness (QED) is 0.749. The second kappa shape index (κ2) is 7.69. The summed E-state index contributed by atoms with van der Waals surface area (Å²) in [5.41, 5.74) is 2.48. The van der Waals surface area contributed by atoms with Crippen LogP contribution in [-0.4, -0.2) is 18.3 Å². The Morgan fingerprint density at radius 1 is 1.19 bits per heavy atom. The van der Waals surface area contributed by atoms with E-state index in [4.69, 9.17) is 5.11 Å². The summed E-state index contributed by atoms with van der Waals surface area (Å²) in [6.07, 6.45) is 4.40. The maximum Gasteiger partial charge on any atom is 0.0431 e. The van der Waals surface area contributed by atoms with Crippen LogP contribution in [0.4, 0.5) is 5.69 Å². The van der Waals surface area contributed by atoms with E-state index in [0.29, 0.717) is 6.61 Å². The first kappa shape index (κ1) is 13.5. The van der Waals surface area contributed by atoms with Crippen molar-refractivity contribution in [1.82, 2.24) is 0 Å². The molecule has 0 aliphatic heterocycles. The van der Waals surface area contributed by atoms with Gasteiger partial charge >= 0.3 is 0 Å². The number of unbranched alkanes of at least 4 members (excludes halogenated alkanes) is 3. The van der Waals surface area contributed by atoms with Crippen LogP contribution in [0.15, 0.2) is 22.7 Å². The minimum Gasteiger partial charge on any atom is -0.396 e. The summed E-state index contributed by atoms with van der Waals surface area (Å²) >= 11 is 3.46. The van der Waals surface area contributed by atoms with Crippen LogP contribution < -0.4 is 5.32 Å². The third kappa shape index (κ3) is 4.99. The average molecular weight is 286 g/mol. The summed E-state index contributed by atoms with van der Waals surface area (Å²) < 4.78 is 1.12. The monoisotopic (exact) mass is 285 g/mol. The highest BCUT2D eigenvalue weighted by atomic mass is 79.9. The molecule has 0 saturated carbocycles. The number of hydrogen-bond acceptors (Lipinski definition) is 2. The molecule has 0 unspecified atom stereocenters. The zero-order chi connectivity index (χ0) is 11.8. The van der Waals surface area contributed by atoms with E-state index in [0.717, 1.165) is 30.3 Å². The fourth-order valence-electron chi connectivity index (χ4n) is 1.64. The summed E-state index contributed by atoms with van der Waals surface area (Å²) in [5.74, 6) is 0. The maximum atomic E-state index is 8.64. The molecule has 0 aromatic heterocycles. The lowest BCUT2D eigenvalue weighted by atomic mass is 10.2. The zero-order valence-corrected chi connectivity index (χ0v) is 11.4. The molecular formula is C13H20BrNO. The minimum atomic E-state index is 0.319. The van der Waals surface area contributed by atoms with E-state index in [1.54, 1.807) is 0 Å². The van der Waals surface area contributed by atoms with Gasteiger partial charge in [-0.05, 0) is 43.5 Å². The number of rotatable bonds is 7. The predicted octanol–water partition coefficient (Wildman–Crippen LogP) is 3.72. The van der Waals surface area contributed by atoms with Crippen LogP contribution in [0.3, 0.4) is 0 Å². The molecule has 0 heterocycles. The highest BCUT2D eigenvalue weighted by Crippen LogP contribution is 2.19. The van der Waals surface area contributed by atoms with Gasteiger partial charge in [-0.2, -0.15) is 0 Å². The Morgan fingerprint density at radius 3 is 2.62 bits per heavy atom. The van der Waals surface area contributed by atoms with Crippen LogP contribution in [0.5, 0.6) is 0 Å². The highest BCUT2D eigenvalue weighted by Gasteiger charge is 1.97. The van der Waals surface area contributed by atoms with Crippen LogP contribution in [0.1, 0.15) is 31.2 Å². The first-order chi connectivity index (χ1) is 7.74. The van der Waals surface area contributed by atoms with Gasteiger partial charge in [-0.25, -0.2) is 0 Å². The second-order valence-corrected chi connectivity index (χ2v) is 4.94. The second-order valence-electron chi connectivity index (χ2n) is 4.02. The number of aryl methyl sites for hydroxylation is 1. The molecule has 90 valence electrons. The molecule has 16 heavy (non-hydrogen) atoms. The van der Waals surface area contributed by atoms with Gasteiger partial charge in [0.05, 0.1) is 0 Å². The standard InChI is InChI=1S/C13H20BrNO/c1-11-10-12(14)6-7-13(11)15-8-4-2-3-5-9-16/h6-7,10,15-16H,2-5,8-9H2,1H3. The van der Waals surface area contributed by atoms with Crippen LogP contribution in [0, 0.1) is 6.92 Å². The summed E-state index contributed by atoms with van der Waals surface area (Å²) in [4.78, 5) is 0. The maximum absolute atomic E-state index is 8.64. The summed E-state index contributed by atoms with van der Waals surface area (Å²) in [7, 11) is 0. The van der Waals surface area contributed by atoms with Gasteiger partial charge in [0.15, 0.2) is 0 Å². The number of halogens is 1. The lowest BCUT2D eigenvalue weighted by Gasteiger charge is -2.09. The van der Waals surface area contributed by atoms with Crippen LogP contribution in [0.25, 0.3) is 0 Å². The normalized spacial score (nSPS) is 10.4. The van der Waals surface area contributed by atoms with Gasteiger partial charge in [0, 0.05) is 23.3 Å². The molecule has 0 fully saturated rings. The smallest absolute Gasteiger partial charge is 0.0431 e. The number of aliphatic hydroxyl groups is 1. The van der Waals surface area contributed by atoms with Gasteiger partial charge in [0.25, 0.3) is 0 Å². The van der Waals surface area contributed by atoms with Gasteiger partial charge in [-0.3, -0.25) is 0 Å². The molecule has 1 aromatic carbocycles. The first-order valence-electron chi connectivity index (χ1n) is 5.85. The van der Waals surface area contributed by atoms with Crippen molar-refractivity contribution in [3.8, 4) is 0 Å². The van der Waals surface area contributed by atoms with Crippen molar-refractivity contribution in [1.29, 1.82) is 0 Å². The predicted molar refractivity (Wildman–Crippen MR) is 72.9 cm³/mol. The van der Waals surface area contributed by atoms with Crippen molar-refractivity contribution in [2.75, 3.05) is 18.5 Å². The summed E-state index contributed by atoms with van der Waals surface area (Å²) in [5, 5.41) is 12.1. The molecule has 0 saturated heterocycles. The van der Waals surface area contributed by atoms with Crippen molar-refractivity contribution < 1.29 is 5.11 Å². The lowest BCUT2D eigenvalue weighted by Crippen LogP contribution is -2.02. The van der Waals surface area contributed by atoms with Gasteiger partial charge < -0.3 is 10.4 Å². The Morgan fingerprint density at radius 2 is 1.94 bits per heavy atom. The molecule has 0 amide bonds. The van der Waals surface area contributed by atoms with E-state index < -0.39 is 0 Å². The van der Waals surface area contributed by atoms with Crippen molar-refractivity contribution in [2.24, 2.45) is 0 Å². The van der Waals surface area contributed by atoms with Gasteiger partial charge in [-0.1, -0.05) is 28.8 Å². The molecule has 3 heteroatoms. The van der Waals surface area contributed by atoms with Crippen LogP contribution >= 0.6 is 15.9 Å². The molecule has 0 bridgehead atoms. The van der Waals surface area contributed by atoms with Gasteiger partial charge in [-0.15, -0.1) is 0 Å². The molecule has 0 spiro atoms. The lowest BCUT2D eigenvalue weighted by molar-refractivity contribution is 0.283. The molecule has 0 atom stereocenters.